The van der Waals surface area contributed by atoms with E-state index in [0.29, 0.717) is 13.2 Å². The summed E-state index contributed by atoms with van der Waals surface area (Å²) in [6.45, 7) is 3.35. The van der Waals surface area contributed by atoms with Gasteiger partial charge in [0.05, 0.1) is 13.2 Å². The van der Waals surface area contributed by atoms with Crippen molar-refractivity contribution in [3.8, 4) is 0 Å². The maximum absolute atomic E-state index is 6.00. The average Bonchev–Trinajstić information content (AvgIpc) is 2.91. The molecule has 2 aromatic rings. The number of hydrogen-bond acceptors (Lipinski definition) is 3. The summed E-state index contributed by atoms with van der Waals surface area (Å²) in [4.78, 5) is 4.56. The molecule has 1 fully saturated rings. The second kappa shape index (κ2) is 3.89. The quantitative estimate of drug-likeness (QED) is 0.723. The lowest BCUT2D eigenvalue weighted by atomic mass is 9.82. The number of pyridine rings is 1. The number of rotatable bonds is 0. The third kappa shape index (κ3) is 1.43. The molecular formula is C16H15NO2. The van der Waals surface area contributed by atoms with E-state index in [9.17, 15) is 0 Å². The Bertz CT molecular complexity index is 645. The first-order chi connectivity index (χ1) is 9.31. The summed E-state index contributed by atoms with van der Waals surface area (Å²) in [6.07, 6.45) is 2.74. The van der Waals surface area contributed by atoms with Crippen molar-refractivity contribution in [1.29, 1.82) is 0 Å². The molecule has 1 aromatic carbocycles. The van der Waals surface area contributed by atoms with Crippen LogP contribution in [0.3, 0.4) is 0 Å². The Hall–Kier alpha value is -1.71. The zero-order chi connectivity index (χ0) is 12.9. The molecule has 1 aliphatic heterocycles. The van der Waals surface area contributed by atoms with Gasteiger partial charge in [-0.1, -0.05) is 24.3 Å². The second-order valence-electron chi connectivity index (χ2n) is 5.10. The van der Waals surface area contributed by atoms with Crippen LogP contribution in [0, 0.1) is 6.92 Å². The van der Waals surface area contributed by atoms with Crippen molar-refractivity contribution in [2.24, 2.45) is 0 Å². The number of benzene rings is 1. The fourth-order valence-corrected chi connectivity index (χ4v) is 3.11. The predicted molar refractivity (Wildman–Crippen MR) is 70.9 cm³/mol. The van der Waals surface area contributed by atoms with E-state index in [2.05, 4.69) is 36.2 Å². The molecule has 1 aromatic heterocycles. The number of fused-ring (bicyclic) bond motifs is 4. The third-order valence-corrected chi connectivity index (χ3v) is 4.03. The summed E-state index contributed by atoms with van der Waals surface area (Å²) >= 11 is 0. The van der Waals surface area contributed by atoms with Gasteiger partial charge < -0.3 is 9.47 Å². The first kappa shape index (κ1) is 11.1. The molecule has 0 unspecified atom stereocenters. The van der Waals surface area contributed by atoms with Crippen LogP contribution in [-0.4, -0.2) is 18.2 Å². The van der Waals surface area contributed by atoms with Crippen molar-refractivity contribution in [2.45, 2.75) is 19.1 Å². The highest BCUT2D eigenvalue weighted by Crippen LogP contribution is 2.45. The van der Waals surface area contributed by atoms with E-state index in [-0.39, 0.29) is 0 Å². The highest BCUT2D eigenvalue weighted by molar-refractivity contribution is 5.50. The molecule has 4 rings (SSSR count). The first-order valence-corrected chi connectivity index (χ1v) is 6.62. The number of nitrogens with zero attached hydrogens (tertiary/aromatic N) is 1. The number of aryl methyl sites for hydroxylation is 1. The molecule has 3 heteroatoms. The van der Waals surface area contributed by atoms with Gasteiger partial charge in [-0.25, -0.2) is 0 Å². The Morgan fingerprint density at radius 1 is 1.11 bits per heavy atom. The summed E-state index contributed by atoms with van der Waals surface area (Å²) in [5.74, 6) is -0.782. The molecule has 0 saturated carbocycles. The molecule has 0 N–H and O–H groups in total. The Labute approximate surface area is 112 Å². The van der Waals surface area contributed by atoms with Gasteiger partial charge in [0, 0.05) is 18.2 Å². The largest absolute Gasteiger partial charge is 0.339 e. The second-order valence-corrected chi connectivity index (χ2v) is 5.10. The van der Waals surface area contributed by atoms with Gasteiger partial charge in [-0.15, -0.1) is 0 Å². The molecular weight excluding hydrogens is 238 g/mol. The fraction of sp³-hybridized carbons (Fsp3) is 0.312. The van der Waals surface area contributed by atoms with Gasteiger partial charge in [-0.05, 0) is 29.7 Å². The first-order valence-electron chi connectivity index (χ1n) is 6.62. The molecule has 1 aliphatic carbocycles. The smallest absolute Gasteiger partial charge is 0.240 e. The van der Waals surface area contributed by atoms with E-state index in [1.165, 1.54) is 16.7 Å². The molecule has 2 aliphatic rings. The summed E-state index contributed by atoms with van der Waals surface area (Å²) < 4.78 is 12.0. The molecule has 3 nitrogen and oxygen atoms in total. The van der Waals surface area contributed by atoms with Crippen LogP contribution in [0.4, 0.5) is 0 Å². The Morgan fingerprint density at radius 3 is 2.74 bits per heavy atom. The van der Waals surface area contributed by atoms with E-state index in [1.54, 1.807) is 0 Å². The van der Waals surface area contributed by atoms with Crippen molar-refractivity contribution < 1.29 is 9.47 Å². The van der Waals surface area contributed by atoms with Crippen LogP contribution >= 0.6 is 0 Å². The van der Waals surface area contributed by atoms with Crippen molar-refractivity contribution >= 4 is 0 Å². The van der Waals surface area contributed by atoms with Crippen LogP contribution in [0.5, 0.6) is 0 Å². The summed E-state index contributed by atoms with van der Waals surface area (Å²) in [7, 11) is 0. The Kier molecular flexibility index (Phi) is 2.28. The molecule has 0 atom stereocenters. The molecule has 1 saturated heterocycles. The van der Waals surface area contributed by atoms with E-state index < -0.39 is 5.79 Å². The molecule has 0 amide bonds. The summed E-state index contributed by atoms with van der Waals surface area (Å²) in [5.41, 5.74) is 5.80. The highest BCUT2D eigenvalue weighted by Gasteiger charge is 2.47. The van der Waals surface area contributed by atoms with Crippen LogP contribution in [-0.2, 0) is 21.7 Å². The molecule has 96 valence electrons. The lowest BCUT2D eigenvalue weighted by Gasteiger charge is -2.35. The minimum absolute atomic E-state index is 0.614. The van der Waals surface area contributed by atoms with Crippen LogP contribution < -0.4 is 0 Å². The van der Waals surface area contributed by atoms with Gasteiger partial charge >= 0.3 is 0 Å². The SMILES string of the molecule is Cc1ccnc2c1Cc1ccccc1C21OCCO1. The lowest BCUT2D eigenvalue weighted by molar-refractivity contribution is -0.135. The maximum atomic E-state index is 6.00. The Balaban J connectivity index is 2.03. The van der Waals surface area contributed by atoms with Gasteiger partial charge in [0.15, 0.2) is 0 Å². The minimum atomic E-state index is -0.782. The molecule has 2 heterocycles. The standard InChI is InChI=1S/C16H15NO2/c1-11-6-7-17-15-13(11)10-12-4-2-3-5-14(12)16(15)18-8-9-19-16/h2-7H,8-10H2,1H3. The van der Waals surface area contributed by atoms with Crippen molar-refractivity contribution in [3.05, 3.63) is 64.5 Å². The van der Waals surface area contributed by atoms with Crippen LogP contribution in [0.2, 0.25) is 0 Å². The zero-order valence-corrected chi connectivity index (χ0v) is 10.8. The molecule has 0 bridgehead atoms. The van der Waals surface area contributed by atoms with Gasteiger partial charge in [0.2, 0.25) is 5.79 Å². The molecule has 0 radical (unpaired) electrons. The lowest BCUT2D eigenvalue weighted by Crippen LogP contribution is -2.35. The van der Waals surface area contributed by atoms with Crippen LogP contribution in [0.25, 0.3) is 0 Å². The van der Waals surface area contributed by atoms with Gasteiger partial charge in [-0.2, -0.15) is 0 Å². The molecule has 19 heavy (non-hydrogen) atoms. The zero-order valence-electron chi connectivity index (χ0n) is 10.8. The van der Waals surface area contributed by atoms with Gasteiger partial charge in [0.25, 0.3) is 0 Å². The van der Waals surface area contributed by atoms with Gasteiger partial charge in [0.1, 0.15) is 5.69 Å². The topological polar surface area (TPSA) is 31.4 Å². The normalized spacial score (nSPS) is 19.2. The third-order valence-electron chi connectivity index (χ3n) is 4.03. The fourth-order valence-electron chi connectivity index (χ4n) is 3.11. The average molecular weight is 253 g/mol. The van der Waals surface area contributed by atoms with Crippen LogP contribution in [0.15, 0.2) is 36.5 Å². The predicted octanol–water partition coefficient (Wildman–Crippen LogP) is 2.54. The monoisotopic (exact) mass is 253 g/mol. The van der Waals surface area contributed by atoms with Crippen molar-refractivity contribution in [3.63, 3.8) is 0 Å². The number of aromatic nitrogens is 1. The van der Waals surface area contributed by atoms with Crippen molar-refractivity contribution in [1.82, 2.24) is 4.98 Å². The summed E-state index contributed by atoms with van der Waals surface area (Å²) in [5, 5.41) is 0. The number of hydrogen-bond donors (Lipinski definition) is 0. The minimum Gasteiger partial charge on any atom is -0.339 e. The highest BCUT2D eigenvalue weighted by atomic mass is 16.7. The van der Waals surface area contributed by atoms with Gasteiger partial charge in [-0.3, -0.25) is 4.98 Å². The van der Waals surface area contributed by atoms with E-state index >= 15 is 0 Å². The Morgan fingerprint density at radius 2 is 1.89 bits per heavy atom. The van der Waals surface area contributed by atoms with Crippen molar-refractivity contribution in [2.75, 3.05) is 13.2 Å². The van der Waals surface area contributed by atoms with E-state index in [0.717, 1.165) is 17.7 Å². The molecule has 1 spiro atoms. The van der Waals surface area contributed by atoms with E-state index in [1.807, 2.05) is 12.3 Å². The number of ether oxygens (including phenoxy) is 2. The van der Waals surface area contributed by atoms with E-state index in [4.69, 9.17) is 9.47 Å². The van der Waals surface area contributed by atoms with Crippen LogP contribution in [0.1, 0.15) is 27.9 Å². The maximum Gasteiger partial charge on any atom is 0.240 e. The summed E-state index contributed by atoms with van der Waals surface area (Å²) in [6, 6.07) is 10.4.